The first-order chi connectivity index (χ1) is 9.25. The molecule has 19 heavy (non-hydrogen) atoms. The number of hydrogen-bond donors (Lipinski definition) is 0. The maximum atomic E-state index is 2.40. The van der Waals surface area contributed by atoms with Gasteiger partial charge in [0.15, 0.2) is 0 Å². The Bertz CT molecular complexity index is 742. The van der Waals surface area contributed by atoms with E-state index in [0.29, 0.717) is 5.92 Å². The molecule has 0 saturated carbocycles. The van der Waals surface area contributed by atoms with Gasteiger partial charge in [-0.25, -0.2) is 0 Å². The molecule has 0 N–H and O–H groups in total. The van der Waals surface area contributed by atoms with Crippen LogP contribution < -0.4 is 0 Å². The Morgan fingerprint density at radius 1 is 0.895 bits per heavy atom. The molecule has 0 saturated heterocycles. The average Bonchev–Trinajstić information content (AvgIpc) is 2.44. The molecular weight excluding hydrogens is 228 g/mol. The maximum absolute atomic E-state index is 2.40. The zero-order valence-electron chi connectivity index (χ0n) is 11.5. The Morgan fingerprint density at radius 3 is 2.32 bits per heavy atom. The van der Waals surface area contributed by atoms with Crippen LogP contribution in [0.25, 0.3) is 22.9 Å². The van der Waals surface area contributed by atoms with E-state index in [4.69, 9.17) is 0 Å². The van der Waals surface area contributed by atoms with Crippen molar-refractivity contribution < 1.29 is 0 Å². The highest BCUT2D eigenvalue weighted by molar-refractivity contribution is 6.03. The van der Waals surface area contributed by atoms with Gasteiger partial charge in [-0.05, 0) is 57.3 Å². The van der Waals surface area contributed by atoms with E-state index in [0.717, 1.165) is 12.8 Å². The third kappa shape index (κ3) is 1.46. The fraction of sp³-hybridized carbons (Fsp3) is 0.263. The van der Waals surface area contributed by atoms with Crippen molar-refractivity contribution >= 4 is 22.9 Å². The van der Waals surface area contributed by atoms with E-state index >= 15 is 0 Å². The van der Waals surface area contributed by atoms with Gasteiger partial charge in [0.05, 0.1) is 0 Å². The summed E-state index contributed by atoms with van der Waals surface area (Å²) in [5.74, 6) is 0.574. The van der Waals surface area contributed by atoms with E-state index in [1.165, 1.54) is 38.6 Å². The quantitative estimate of drug-likeness (QED) is 0.656. The Hall–Kier alpha value is -1.82. The Morgan fingerprint density at radius 2 is 1.58 bits per heavy atom. The van der Waals surface area contributed by atoms with Crippen molar-refractivity contribution in [1.29, 1.82) is 0 Å². The molecule has 0 spiro atoms. The Kier molecular flexibility index (Phi) is 2.23. The van der Waals surface area contributed by atoms with Crippen LogP contribution in [0.15, 0.2) is 30.4 Å². The molecule has 0 bridgehead atoms. The van der Waals surface area contributed by atoms with Crippen molar-refractivity contribution in [2.24, 2.45) is 0 Å². The molecule has 2 aliphatic rings. The minimum atomic E-state index is 0.574. The van der Waals surface area contributed by atoms with Crippen molar-refractivity contribution in [2.45, 2.75) is 32.6 Å². The van der Waals surface area contributed by atoms with Gasteiger partial charge >= 0.3 is 0 Å². The van der Waals surface area contributed by atoms with Gasteiger partial charge in [0.25, 0.3) is 0 Å². The molecule has 0 unspecified atom stereocenters. The summed E-state index contributed by atoms with van der Waals surface area (Å²) in [6, 6.07) is 7.06. The smallest absolute Gasteiger partial charge is 0.00645 e. The number of allylic oxidation sites excluding steroid dienone is 2. The summed E-state index contributed by atoms with van der Waals surface area (Å²) in [5.41, 5.74) is 7.36. The van der Waals surface area contributed by atoms with E-state index in [2.05, 4.69) is 56.4 Å². The molecule has 0 aliphatic heterocycles. The van der Waals surface area contributed by atoms with E-state index < -0.39 is 0 Å². The number of hydrogen-bond acceptors (Lipinski definition) is 0. The molecule has 94 valence electrons. The fourth-order valence-corrected chi connectivity index (χ4v) is 3.53. The lowest BCUT2D eigenvalue weighted by molar-refractivity contribution is 0.865. The van der Waals surface area contributed by atoms with Crippen LogP contribution in [0.1, 0.15) is 47.6 Å². The third-order valence-corrected chi connectivity index (χ3v) is 4.44. The van der Waals surface area contributed by atoms with Crippen LogP contribution in [0, 0.1) is 0 Å². The van der Waals surface area contributed by atoms with Gasteiger partial charge in [-0.2, -0.15) is 0 Å². The van der Waals surface area contributed by atoms with Gasteiger partial charge in [-0.15, -0.1) is 0 Å². The van der Waals surface area contributed by atoms with Crippen molar-refractivity contribution in [3.8, 4) is 0 Å². The minimum Gasteiger partial charge on any atom is -0.0795 e. The predicted molar refractivity (Wildman–Crippen MR) is 83.5 cm³/mol. The first kappa shape index (κ1) is 11.0. The van der Waals surface area contributed by atoms with Crippen LogP contribution in [0.3, 0.4) is 0 Å². The monoisotopic (exact) mass is 246 g/mol. The lowest BCUT2D eigenvalue weighted by Gasteiger charge is -2.23. The molecule has 2 aromatic carbocycles. The second kappa shape index (κ2) is 3.84. The van der Waals surface area contributed by atoms with Crippen LogP contribution in [-0.4, -0.2) is 0 Å². The van der Waals surface area contributed by atoms with Crippen molar-refractivity contribution in [3.63, 3.8) is 0 Å². The highest BCUT2D eigenvalue weighted by atomic mass is 14.2. The molecular formula is C19H18. The summed E-state index contributed by atoms with van der Waals surface area (Å²) in [4.78, 5) is 0. The fourth-order valence-electron chi connectivity index (χ4n) is 3.53. The van der Waals surface area contributed by atoms with Crippen LogP contribution >= 0.6 is 0 Å². The molecule has 0 fully saturated rings. The summed E-state index contributed by atoms with van der Waals surface area (Å²) in [6.45, 7) is 4.59. The normalized spacial score (nSPS) is 15.5. The lowest BCUT2D eigenvalue weighted by atomic mass is 9.80. The first-order valence-corrected chi connectivity index (χ1v) is 7.20. The Labute approximate surface area is 114 Å². The highest BCUT2D eigenvalue weighted by Gasteiger charge is 2.19. The van der Waals surface area contributed by atoms with Gasteiger partial charge in [-0.1, -0.05) is 56.4 Å². The highest BCUT2D eigenvalue weighted by Crippen LogP contribution is 2.40. The summed E-state index contributed by atoms with van der Waals surface area (Å²) in [7, 11) is 0. The molecule has 4 rings (SSSR count). The molecule has 0 heteroatoms. The second-order valence-corrected chi connectivity index (χ2v) is 5.97. The average molecular weight is 246 g/mol. The van der Waals surface area contributed by atoms with Gasteiger partial charge in [0, 0.05) is 0 Å². The second-order valence-electron chi connectivity index (χ2n) is 5.97. The topological polar surface area (TPSA) is 0 Å². The maximum Gasteiger partial charge on any atom is -0.00645 e. The van der Waals surface area contributed by atoms with Crippen LogP contribution in [-0.2, 0) is 12.8 Å². The van der Waals surface area contributed by atoms with Crippen LogP contribution in [0.4, 0.5) is 0 Å². The van der Waals surface area contributed by atoms with E-state index in [9.17, 15) is 0 Å². The zero-order chi connectivity index (χ0) is 13.0. The molecule has 0 nitrogen and oxygen atoms in total. The molecule has 0 atom stereocenters. The van der Waals surface area contributed by atoms with Crippen molar-refractivity contribution in [3.05, 3.63) is 58.2 Å². The first-order valence-electron chi connectivity index (χ1n) is 7.20. The number of benzene rings is 2. The van der Waals surface area contributed by atoms with E-state index in [-0.39, 0.29) is 0 Å². The van der Waals surface area contributed by atoms with Gasteiger partial charge < -0.3 is 0 Å². The van der Waals surface area contributed by atoms with Crippen molar-refractivity contribution in [2.75, 3.05) is 0 Å². The molecule has 2 aromatic rings. The summed E-state index contributed by atoms with van der Waals surface area (Å²) in [5, 5.41) is 3.02. The van der Waals surface area contributed by atoms with Gasteiger partial charge in [0.2, 0.25) is 0 Å². The lowest BCUT2D eigenvalue weighted by Crippen LogP contribution is -2.04. The summed E-state index contributed by atoms with van der Waals surface area (Å²) >= 11 is 0. The summed E-state index contributed by atoms with van der Waals surface area (Å²) in [6.07, 6.45) is 11.4. The molecule has 2 aliphatic carbocycles. The molecule has 0 radical (unpaired) electrons. The van der Waals surface area contributed by atoms with Gasteiger partial charge in [-0.3, -0.25) is 0 Å². The van der Waals surface area contributed by atoms with Crippen LogP contribution in [0.2, 0.25) is 0 Å². The van der Waals surface area contributed by atoms with Gasteiger partial charge in [0.1, 0.15) is 0 Å². The Balaban J connectivity index is 2.24. The SMILES string of the molecule is CC(C)c1cc2c3c(ccc4c3c1C=CC4)CC=C2. The van der Waals surface area contributed by atoms with E-state index in [1.807, 2.05) is 0 Å². The molecule has 0 heterocycles. The third-order valence-electron chi connectivity index (χ3n) is 4.44. The summed E-state index contributed by atoms with van der Waals surface area (Å²) < 4.78 is 0. The largest absolute Gasteiger partial charge is 0.0795 e. The predicted octanol–water partition coefficient (Wildman–Crippen LogP) is 5.10. The standard InChI is InChI=1S/C19H18/c1-12(2)17-11-15-7-3-5-13-9-10-14-6-4-8-16(17)19(14)18(13)15/h3-4,7-12H,5-6H2,1-2H3. The number of rotatable bonds is 1. The molecule has 0 amide bonds. The van der Waals surface area contributed by atoms with Crippen LogP contribution in [0.5, 0.6) is 0 Å². The minimum absolute atomic E-state index is 0.574. The van der Waals surface area contributed by atoms with E-state index in [1.54, 1.807) is 0 Å². The molecule has 0 aromatic heterocycles. The zero-order valence-corrected chi connectivity index (χ0v) is 11.5. The van der Waals surface area contributed by atoms with Crippen molar-refractivity contribution in [1.82, 2.24) is 0 Å².